The summed E-state index contributed by atoms with van der Waals surface area (Å²) in [5.41, 5.74) is -0.413. The highest BCUT2D eigenvalue weighted by atomic mass is 19.4. The molecule has 0 bridgehead atoms. The molecule has 3 rings (SSSR count). The summed E-state index contributed by atoms with van der Waals surface area (Å²) >= 11 is 0. The Bertz CT molecular complexity index is 874. The molecule has 30 heavy (non-hydrogen) atoms. The van der Waals surface area contributed by atoms with E-state index in [9.17, 15) is 22.8 Å². The van der Waals surface area contributed by atoms with Gasteiger partial charge in [-0.2, -0.15) is 13.2 Å². The number of carbonyl (C=O) groups is 2. The zero-order valence-corrected chi connectivity index (χ0v) is 16.5. The summed E-state index contributed by atoms with van der Waals surface area (Å²) < 4.78 is 44.7. The first-order chi connectivity index (χ1) is 14.3. The van der Waals surface area contributed by atoms with Gasteiger partial charge < -0.3 is 14.6 Å². The van der Waals surface area contributed by atoms with E-state index in [1.807, 2.05) is 0 Å². The lowest BCUT2D eigenvalue weighted by atomic mass is 9.97. The number of rotatable bonds is 7. The van der Waals surface area contributed by atoms with Gasteiger partial charge in [-0.25, -0.2) is 9.97 Å². The van der Waals surface area contributed by atoms with Crippen LogP contribution in [0.4, 0.5) is 19.0 Å². The fourth-order valence-electron chi connectivity index (χ4n) is 3.63. The average Bonchev–Trinajstić information content (AvgIpc) is 3.39. The number of hydrogen-bond donors (Lipinski definition) is 1. The molecule has 0 spiro atoms. The minimum atomic E-state index is -4.57. The number of alkyl halides is 3. The third-order valence-corrected chi connectivity index (χ3v) is 5.24. The molecule has 10 heteroatoms. The Morgan fingerprint density at radius 3 is 2.57 bits per heavy atom. The van der Waals surface area contributed by atoms with Crippen LogP contribution in [0.1, 0.15) is 49.4 Å². The Labute approximate surface area is 171 Å². The summed E-state index contributed by atoms with van der Waals surface area (Å²) in [5, 5.41) is 2.66. The minimum absolute atomic E-state index is 0.0529. The first-order valence-electron chi connectivity index (χ1n) is 9.69. The number of anilines is 1. The number of esters is 1. The molecule has 162 valence electrons. The summed E-state index contributed by atoms with van der Waals surface area (Å²) in [5.74, 6) is -0.346. The Morgan fingerprint density at radius 2 is 2.00 bits per heavy atom. The van der Waals surface area contributed by atoms with Crippen molar-refractivity contribution in [2.24, 2.45) is 5.92 Å². The lowest BCUT2D eigenvalue weighted by molar-refractivity contribution is -0.141. The van der Waals surface area contributed by atoms with Crippen molar-refractivity contribution < 1.29 is 27.5 Å². The highest BCUT2D eigenvalue weighted by Crippen LogP contribution is 2.34. The van der Waals surface area contributed by atoms with E-state index in [1.165, 1.54) is 23.9 Å². The van der Waals surface area contributed by atoms with Crippen LogP contribution < -0.4 is 5.32 Å². The molecule has 0 aliphatic heterocycles. The number of amides is 1. The highest BCUT2D eigenvalue weighted by molar-refractivity contribution is 5.93. The third kappa shape index (κ3) is 5.58. The van der Waals surface area contributed by atoms with E-state index in [1.54, 1.807) is 6.07 Å². The van der Waals surface area contributed by atoms with Gasteiger partial charge in [0.05, 0.1) is 19.9 Å². The Balaban J connectivity index is 1.74. The number of imidazole rings is 1. The first-order valence-corrected chi connectivity index (χ1v) is 9.69. The molecule has 2 heterocycles. The zero-order chi connectivity index (χ0) is 21.7. The number of halogens is 3. The predicted octanol–water partition coefficient (Wildman–Crippen LogP) is 3.77. The summed E-state index contributed by atoms with van der Waals surface area (Å²) in [6.07, 6.45) is 3.28. The maximum atomic E-state index is 13.0. The molecular weight excluding hydrogens is 401 g/mol. The molecule has 1 N–H and O–H groups in total. The molecular formula is C20H23F3N4O3. The quantitative estimate of drug-likeness (QED) is 0.684. The van der Waals surface area contributed by atoms with Gasteiger partial charge in [0.25, 0.3) is 0 Å². The van der Waals surface area contributed by atoms with Crippen molar-refractivity contribution in [2.75, 3.05) is 12.4 Å². The monoisotopic (exact) mass is 424 g/mol. The second-order valence-electron chi connectivity index (χ2n) is 7.40. The van der Waals surface area contributed by atoms with Gasteiger partial charge >= 0.3 is 12.1 Å². The van der Waals surface area contributed by atoms with Crippen LogP contribution in [-0.4, -0.2) is 33.5 Å². The second kappa shape index (κ2) is 9.27. The van der Waals surface area contributed by atoms with E-state index >= 15 is 0 Å². The van der Waals surface area contributed by atoms with E-state index in [2.05, 4.69) is 20.0 Å². The minimum Gasteiger partial charge on any atom is -0.469 e. The maximum absolute atomic E-state index is 13.0. The molecule has 2 aromatic heterocycles. The molecule has 0 radical (unpaired) electrons. The van der Waals surface area contributed by atoms with E-state index in [0.717, 1.165) is 38.2 Å². The summed E-state index contributed by atoms with van der Waals surface area (Å²) in [6, 6.07) is 2.34. The fraction of sp³-hybridized carbons (Fsp3) is 0.500. The fourth-order valence-corrected chi connectivity index (χ4v) is 3.63. The van der Waals surface area contributed by atoms with Crippen molar-refractivity contribution >= 4 is 17.7 Å². The van der Waals surface area contributed by atoms with E-state index in [-0.39, 0.29) is 18.2 Å². The van der Waals surface area contributed by atoms with Gasteiger partial charge in [0.2, 0.25) is 5.91 Å². The molecule has 1 fully saturated rings. The number of aromatic nitrogens is 3. The number of hydrogen-bond acceptors (Lipinski definition) is 5. The van der Waals surface area contributed by atoms with Crippen molar-refractivity contribution in [3.05, 3.63) is 42.1 Å². The molecule has 0 aromatic carbocycles. The summed E-state index contributed by atoms with van der Waals surface area (Å²) in [7, 11) is 1.29. The first kappa shape index (κ1) is 21.8. The molecule has 0 saturated heterocycles. The second-order valence-corrected chi connectivity index (χ2v) is 7.40. The van der Waals surface area contributed by atoms with Crippen molar-refractivity contribution in [3.8, 4) is 0 Å². The van der Waals surface area contributed by atoms with Crippen molar-refractivity contribution in [2.45, 2.75) is 50.7 Å². The number of methoxy groups -OCH3 is 1. The van der Waals surface area contributed by atoms with Crippen LogP contribution in [0.2, 0.25) is 0 Å². The van der Waals surface area contributed by atoms with Gasteiger partial charge in [-0.15, -0.1) is 0 Å². The van der Waals surface area contributed by atoms with Crippen LogP contribution in [0, 0.1) is 5.92 Å². The molecule has 1 aliphatic rings. The molecule has 1 atom stereocenters. The van der Waals surface area contributed by atoms with Crippen LogP contribution in [0.25, 0.3) is 0 Å². The zero-order valence-electron chi connectivity index (χ0n) is 16.5. The van der Waals surface area contributed by atoms with Gasteiger partial charge in [0.1, 0.15) is 11.9 Å². The standard InChI is InChI=1S/C20H23F3N4O3/c1-30-18(28)9-14-6-7-17(24-10-14)26-19(29)15(8-13-4-2-3-5-13)27-11-16(25-12-27)20(21,22)23/h6-7,10-13,15H,2-5,8-9H2,1H3,(H,24,26,29)/t15-/m0/s1. The van der Waals surface area contributed by atoms with Crippen LogP contribution >= 0.6 is 0 Å². The SMILES string of the molecule is COC(=O)Cc1ccc(NC(=O)[C@H](CC2CCCC2)n2cnc(C(F)(F)F)c2)nc1. The predicted molar refractivity (Wildman–Crippen MR) is 101 cm³/mol. The van der Waals surface area contributed by atoms with Gasteiger partial charge in [-0.05, 0) is 24.0 Å². The molecule has 1 saturated carbocycles. The van der Waals surface area contributed by atoms with Gasteiger partial charge in [0, 0.05) is 12.4 Å². The summed E-state index contributed by atoms with van der Waals surface area (Å²) in [4.78, 5) is 31.8. The maximum Gasteiger partial charge on any atom is 0.434 e. The van der Waals surface area contributed by atoms with Crippen molar-refractivity contribution in [3.63, 3.8) is 0 Å². The topological polar surface area (TPSA) is 86.1 Å². The normalized spacial score (nSPS) is 15.7. The number of nitrogens with zero attached hydrogens (tertiary/aromatic N) is 3. The number of ether oxygens (including phenoxy) is 1. The summed E-state index contributed by atoms with van der Waals surface area (Å²) in [6.45, 7) is 0. The van der Waals surface area contributed by atoms with Crippen molar-refractivity contribution in [1.29, 1.82) is 0 Å². The van der Waals surface area contributed by atoms with E-state index in [4.69, 9.17) is 0 Å². The highest BCUT2D eigenvalue weighted by Gasteiger charge is 2.35. The van der Waals surface area contributed by atoms with Crippen LogP contribution in [-0.2, 0) is 26.9 Å². The Morgan fingerprint density at radius 1 is 1.27 bits per heavy atom. The van der Waals surface area contributed by atoms with Crippen LogP contribution in [0.5, 0.6) is 0 Å². The lowest BCUT2D eigenvalue weighted by Crippen LogP contribution is -2.27. The van der Waals surface area contributed by atoms with Gasteiger partial charge in [-0.3, -0.25) is 9.59 Å². The van der Waals surface area contributed by atoms with Crippen LogP contribution in [0.3, 0.4) is 0 Å². The molecule has 0 unspecified atom stereocenters. The molecule has 1 aliphatic carbocycles. The van der Waals surface area contributed by atoms with Crippen molar-refractivity contribution in [1.82, 2.24) is 14.5 Å². The molecule has 2 aromatic rings. The number of carbonyl (C=O) groups excluding carboxylic acids is 2. The van der Waals surface area contributed by atoms with Gasteiger partial charge in [0.15, 0.2) is 5.69 Å². The van der Waals surface area contributed by atoms with Crippen LogP contribution in [0.15, 0.2) is 30.9 Å². The Hall–Kier alpha value is -2.91. The average molecular weight is 424 g/mol. The Kier molecular flexibility index (Phi) is 6.73. The number of nitrogens with one attached hydrogen (secondary N) is 1. The molecule has 1 amide bonds. The number of pyridine rings is 1. The van der Waals surface area contributed by atoms with Gasteiger partial charge in [-0.1, -0.05) is 31.7 Å². The molecule has 7 nitrogen and oxygen atoms in total. The van der Waals surface area contributed by atoms with E-state index in [0.29, 0.717) is 12.0 Å². The largest absolute Gasteiger partial charge is 0.469 e. The van der Waals surface area contributed by atoms with E-state index < -0.39 is 29.8 Å². The lowest BCUT2D eigenvalue weighted by Gasteiger charge is -2.21. The third-order valence-electron chi connectivity index (χ3n) is 5.24. The smallest absolute Gasteiger partial charge is 0.434 e.